The molecule has 0 amide bonds. The molecule has 1 heterocycles. The minimum absolute atomic E-state index is 0.246. The van der Waals surface area contributed by atoms with E-state index in [4.69, 9.17) is 5.73 Å². The normalized spacial score (nSPS) is 17.8. The molecular formula is C18H22N2O. The Bertz CT molecular complexity index is 639. The summed E-state index contributed by atoms with van der Waals surface area (Å²) in [5, 5.41) is 1.07. The van der Waals surface area contributed by atoms with E-state index >= 15 is 0 Å². The first kappa shape index (κ1) is 14.2. The van der Waals surface area contributed by atoms with E-state index in [1.54, 1.807) is 6.20 Å². The molecule has 0 bridgehead atoms. The van der Waals surface area contributed by atoms with Gasteiger partial charge in [-0.1, -0.05) is 37.5 Å². The molecule has 1 aromatic heterocycles. The van der Waals surface area contributed by atoms with Crippen LogP contribution in [0.15, 0.2) is 36.5 Å². The zero-order chi connectivity index (χ0) is 14.7. The van der Waals surface area contributed by atoms with Crippen LogP contribution in [0.25, 0.3) is 10.9 Å². The van der Waals surface area contributed by atoms with Crippen LogP contribution in [0.3, 0.4) is 0 Å². The quantitative estimate of drug-likeness (QED) is 0.935. The maximum atomic E-state index is 12.4. The lowest BCUT2D eigenvalue weighted by Gasteiger charge is -2.32. The molecule has 1 aliphatic carbocycles. The molecule has 1 aliphatic rings. The highest BCUT2D eigenvalue weighted by molar-refractivity contribution is 5.89. The van der Waals surface area contributed by atoms with Crippen LogP contribution in [0.2, 0.25) is 0 Å². The molecule has 110 valence electrons. The Morgan fingerprint density at radius 2 is 1.90 bits per heavy atom. The fraction of sp³-hybridized carbons (Fsp3) is 0.444. The number of ketones is 1. The molecular weight excluding hydrogens is 260 g/mol. The summed E-state index contributed by atoms with van der Waals surface area (Å²) in [6.45, 7) is 0. The fourth-order valence-electron chi connectivity index (χ4n) is 3.41. The van der Waals surface area contributed by atoms with Crippen LogP contribution in [0.5, 0.6) is 0 Å². The molecule has 0 radical (unpaired) electrons. The molecule has 1 fully saturated rings. The molecule has 0 saturated heterocycles. The van der Waals surface area contributed by atoms with Crippen LogP contribution in [0.4, 0.5) is 0 Å². The van der Waals surface area contributed by atoms with Crippen LogP contribution in [-0.2, 0) is 11.2 Å². The summed E-state index contributed by atoms with van der Waals surface area (Å²) in [5.74, 6) is 0.246. The molecule has 21 heavy (non-hydrogen) atoms. The van der Waals surface area contributed by atoms with Gasteiger partial charge in [0.2, 0.25) is 0 Å². The predicted molar refractivity (Wildman–Crippen MR) is 85.1 cm³/mol. The largest absolute Gasteiger partial charge is 0.325 e. The number of hydrogen-bond acceptors (Lipinski definition) is 3. The number of Topliss-reactive ketones (excluding diaryl/α,β-unsaturated/α-hetero) is 1. The van der Waals surface area contributed by atoms with Crippen molar-refractivity contribution in [2.75, 3.05) is 0 Å². The Balaban J connectivity index is 1.74. The molecule has 2 aromatic rings. The van der Waals surface area contributed by atoms with Gasteiger partial charge in [0.25, 0.3) is 0 Å². The predicted octanol–water partition coefficient (Wildman–Crippen LogP) is 3.40. The average molecular weight is 282 g/mol. The van der Waals surface area contributed by atoms with Crippen molar-refractivity contribution in [2.45, 2.75) is 50.5 Å². The summed E-state index contributed by atoms with van der Waals surface area (Å²) in [5.41, 5.74) is 8.13. The number of carbonyl (C=O) groups excluding carboxylic acids is 1. The molecule has 1 saturated carbocycles. The number of pyridine rings is 1. The van der Waals surface area contributed by atoms with E-state index in [9.17, 15) is 4.79 Å². The van der Waals surface area contributed by atoms with E-state index in [1.165, 1.54) is 6.42 Å². The van der Waals surface area contributed by atoms with Crippen LogP contribution >= 0.6 is 0 Å². The maximum absolute atomic E-state index is 12.4. The number of nitrogens with two attached hydrogens (primary N) is 1. The fourth-order valence-corrected chi connectivity index (χ4v) is 3.41. The lowest BCUT2D eigenvalue weighted by atomic mass is 9.78. The Morgan fingerprint density at radius 1 is 1.14 bits per heavy atom. The van der Waals surface area contributed by atoms with Gasteiger partial charge in [0.1, 0.15) is 5.78 Å². The lowest BCUT2D eigenvalue weighted by Crippen LogP contribution is -2.43. The van der Waals surface area contributed by atoms with Gasteiger partial charge in [-0.3, -0.25) is 9.78 Å². The highest BCUT2D eigenvalue weighted by atomic mass is 16.1. The van der Waals surface area contributed by atoms with Gasteiger partial charge in [0.05, 0.1) is 5.52 Å². The third kappa shape index (κ3) is 3.30. The van der Waals surface area contributed by atoms with Crippen LogP contribution in [0.1, 0.15) is 44.1 Å². The second-order valence-electron chi connectivity index (χ2n) is 6.30. The van der Waals surface area contributed by atoms with Crippen molar-refractivity contribution in [2.24, 2.45) is 5.73 Å². The molecule has 1 aromatic carbocycles. The molecule has 0 spiro atoms. The topological polar surface area (TPSA) is 56.0 Å². The average Bonchev–Trinajstić information content (AvgIpc) is 2.48. The number of benzene rings is 1. The Morgan fingerprint density at radius 3 is 2.71 bits per heavy atom. The monoisotopic (exact) mass is 282 g/mol. The van der Waals surface area contributed by atoms with E-state index in [-0.39, 0.29) is 11.3 Å². The Kier molecular flexibility index (Phi) is 4.02. The first-order valence-electron chi connectivity index (χ1n) is 7.80. The molecule has 3 heteroatoms. The molecule has 0 unspecified atom stereocenters. The summed E-state index contributed by atoms with van der Waals surface area (Å²) >= 11 is 0. The summed E-state index contributed by atoms with van der Waals surface area (Å²) in [6, 6.07) is 9.92. The van der Waals surface area contributed by atoms with Gasteiger partial charge in [0.15, 0.2) is 0 Å². The zero-order valence-corrected chi connectivity index (χ0v) is 12.3. The van der Waals surface area contributed by atoms with Gasteiger partial charge in [-0.2, -0.15) is 0 Å². The van der Waals surface area contributed by atoms with Gasteiger partial charge in [-0.05, 0) is 30.5 Å². The van der Waals surface area contributed by atoms with Crippen molar-refractivity contribution in [3.8, 4) is 0 Å². The summed E-state index contributed by atoms with van der Waals surface area (Å²) in [7, 11) is 0. The maximum Gasteiger partial charge on any atom is 0.139 e. The second-order valence-corrected chi connectivity index (χ2v) is 6.30. The number of para-hydroxylation sites is 1. The van der Waals surface area contributed by atoms with E-state index in [0.717, 1.165) is 42.1 Å². The van der Waals surface area contributed by atoms with Crippen LogP contribution in [0, 0.1) is 0 Å². The minimum atomic E-state index is -0.266. The third-order valence-electron chi connectivity index (χ3n) is 4.53. The standard InChI is InChI=1S/C18H22N2O/c19-18(9-4-1-5-10-18)13-15(21)12-14-8-11-20-17-7-3-2-6-16(14)17/h2-3,6-8,11H,1,4-5,9-10,12-13,19H2. The van der Waals surface area contributed by atoms with Crippen molar-refractivity contribution in [1.82, 2.24) is 4.98 Å². The van der Waals surface area contributed by atoms with Gasteiger partial charge < -0.3 is 5.73 Å². The number of hydrogen-bond donors (Lipinski definition) is 1. The smallest absolute Gasteiger partial charge is 0.139 e. The summed E-state index contributed by atoms with van der Waals surface area (Å²) < 4.78 is 0. The third-order valence-corrected chi connectivity index (χ3v) is 4.53. The molecule has 2 N–H and O–H groups in total. The minimum Gasteiger partial charge on any atom is -0.325 e. The number of rotatable bonds is 4. The lowest BCUT2D eigenvalue weighted by molar-refractivity contribution is -0.119. The zero-order valence-electron chi connectivity index (χ0n) is 12.3. The van der Waals surface area contributed by atoms with Crippen molar-refractivity contribution in [3.05, 3.63) is 42.1 Å². The first-order chi connectivity index (χ1) is 10.2. The van der Waals surface area contributed by atoms with Crippen LogP contribution < -0.4 is 5.73 Å². The number of nitrogens with zero attached hydrogens (tertiary/aromatic N) is 1. The van der Waals surface area contributed by atoms with Crippen molar-refractivity contribution >= 4 is 16.7 Å². The van der Waals surface area contributed by atoms with E-state index < -0.39 is 0 Å². The molecule has 0 atom stereocenters. The summed E-state index contributed by atoms with van der Waals surface area (Å²) in [4.78, 5) is 16.8. The van der Waals surface area contributed by atoms with Gasteiger partial charge in [-0.15, -0.1) is 0 Å². The SMILES string of the molecule is NC1(CC(=O)Cc2ccnc3ccccc23)CCCCC1. The van der Waals surface area contributed by atoms with Crippen molar-refractivity contribution in [1.29, 1.82) is 0 Å². The second kappa shape index (κ2) is 5.94. The summed E-state index contributed by atoms with van der Waals surface area (Å²) in [6.07, 6.45) is 8.27. The van der Waals surface area contributed by atoms with E-state index in [2.05, 4.69) is 4.98 Å². The first-order valence-corrected chi connectivity index (χ1v) is 7.80. The number of carbonyl (C=O) groups is 1. The van der Waals surface area contributed by atoms with Gasteiger partial charge in [0, 0.05) is 30.0 Å². The Labute approximate surface area is 125 Å². The molecule has 3 rings (SSSR count). The van der Waals surface area contributed by atoms with Crippen molar-refractivity contribution in [3.63, 3.8) is 0 Å². The Hall–Kier alpha value is -1.74. The van der Waals surface area contributed by atoms with Gasteiger partial charge in [-0.25, -0.2) is 0 Å². The number of aromatic nitrogens is 1. The van der Waals surface area contributed by atoms with Crippen molar-refractivity contribution < 1.29 is 4.79 Å². The molecule has 3 nitrogen and oxygen atoms in total. The van der Waals surface area contributed by atoms with E-state index in [0.29, 0.717) is 12.8 Å². The van der Waals surface area contributed by atoms with E-state index in [1.807, 2.05) is 30.3 Å². The van der Waals surface area contributed by atoms with Crippen LogP contribution in [-0.4, -0.2) is 16.3 Å². The molecule has 0 aliphatic heterocycles. The van der Waals surface area contributed by atoms with Gasteiger partial charge >= 0.3 is 0 Å². The highest BCUT2D eigenvalue weighted by Gasteiger charge is 2.29. The highest BCUT2D eigenvalue weighted by Crippen LogP contribution is 2.29. The number of fused-ring (bicyclic) bond motifs is 1.